The number of benzene rings is 1. The molecule has 0 bridgehead atoms. The molecular weight excluding hydrogens is 324 g/mol. The Kier molecular flexibility index (Phi) is 5.49. The van der Waals surface area contributed by atoms with Crippen molar-refractivity contribution in [3.8, 4) is 11.5 Å². The molecule has 2 rings (SSSR count). The monoisotopic (exact) mass is 342 g/mol. The van der Waals surface area contributed by atoms with Gasteiger partial charge in [0.1, 0.15) is 0 Å². The van der Waals surface area contributed by atoms with Gasteiger partial charge in [-0.3, -0.25) is 4.98 Å². The zero-order chi connectivity index (χ0) is 18.6. The van der Waals surface area contributed by atoms with E-state index >= 15 is 0 Å². The average Bonchev–Trinajstić information content (AvgIpc) is 2.56. The van der Waals surface area contributed by atoms with Crippen molar-refractivity contribution in [3.05, 3.63) is 52.6 Å². The van der Waals surface area contributed by atoms with E-state index in [-0.39, 0.29) is 11.4 Å². The van der Waals surface area contributed by atoms with Crippen LogP contribution in [-0.2, 0) is 4.79 Å². The molecule has 1 aromatic carbocycles. The second-order valence-corrected chi connectivity index (χ2v) is 5.30. The summed E-state index contributed by atoms with van der Waals surface area (Å²) < 4.78 is 10.6. The number of hydrogen-bond acceptors (Lipinski definition) is 6. The molecule has 0 aliphatic carbocycles. The number of carbonyl (C=O) groups excluding carboxylic acids is 1. The van der Waals surface area contributed by atoms with Crippen molar-refractivity contribution in [2.75, 3.05) is 7.11 Å². The number of nitrogens with zero attached hydrogens (tertiary/aromatic N) is 2. The van der Waals surface area contributed by atoms with E-state index in [1.165, 1.54) is 19.3 Å². The van der Waals surface area contributed by atoms with Gasteiger partial charge < -0.3 is 14.6 Å². The van der Waals surface area contributed by atoms with Crippen molar-refractivity contribution in [3.63, 3.8) is 0 Å². The maximum atomic E-state index is 12.4. The van der Waals surface area contributed by atoms with Gasteiger partial charge in [-0.15, -0.1) is 0 Å². The maximum Gasteiger partial charge on any atom is 0.364 e. The van der Waals surface area contributed by atoms with Gasteiger partial charge in [-0.05, 0) is 44.5 Å². The molecule has 0 unspecified atom stereocenters. The summed E-state index contributed by atoms with van der Waals surface area (Å²) in [6.45, 7) is 5.27. The highest BCUT2D eigenvalue weighted by Gasteiger charge is 2.18. The number of rotatable bonds is 5. The Hall–Kier alpha value is -3.22. The summed E-state index contributed by atoms with van der Waals surface area (Å²) in [4.78, 5) is 31.5. The molecule has 0 radical (unpaired) electrons. The zero-order valence-corrected chi connectivity index (χ0v) is 14.4. The molecule has 0 saturated heterocycles. The molecule has 0 fully saturated rings. The number of aliphatic carboxylic acids is 1. The molecule has 1 aromatic heterocycles. The Morgan fingerprint density at radius 1 is 1.04 bits per heavy atom. The molecular formula is C18H18N2O5. The molecule has 0 aliphatic rings. The van der Waals surface area contributed by atoms with Crippen molar-refractivity contribution in [2.45, 2.75) is 20.8 Å². The molecule has 0 amide bonds. The lowest BCUT2D eigenvalue weighted by Crippen LogP contribution is -2.15. The molecule has 0 saturated carbocycles. The van der Waals surface area contributed by atoms with Crippen LogP contribution in [-0.4, -0.2) is 34.1 Å². The predicted molar refractivity (Wildman–Crippen MR) is 90.9 cm³/mol. The standard InChI is InChI=1S/C18H18N2O5/c1-10-11(2)20-17(12(3)19-10)18(23)25-14-7-5-13(6-8-16(21)22)9-15(14)24-4/h5-9H,1-4H3,(H,21,22)/b8-6+. The third-order valence-electron chi connectivity index (χ3n) is 3.48. The van der Waals surface area contributed by atoms with E-state index in [2.05, 4.69) is 9.97 Å². The summed E-state index contributed by atoms with van der Waals surface area (Å²) in [6.07, 6.45) is 2.42. The molecule has 25 heavy (non-hydrogen) atoms. The number of carboxylic acid groups (broad SMARTS) is 1. The topological polar surface area (TPSA) is 98.6 Å². The number of aromatic nitrogens is 2. The number of aryl methyl sites for hydroxylation is 3. The largest absolute Gasteiger partial charge is 0.493 e. The van der Waals surface area contributed by atoms with Crippen LogP contribution in [0.5, 0.6) is 11.5 Å². The van der Waals surface area contributed by atoms with Crippen LogP contribution in [0, 0.1) is 20.8 Å². The first kappa shape index (κ1) is 18.1. The third kappa shape index (κ3) is 4.41. The van der Waals surface area contributed by atoms with E-state index in [9.17, 15) is 9.59 Å². The molecule has 1 N–H and O–H groups in total. The minimum Gasteiger partial charge on any atom is -0.493 e. The van der Waals surface area contributed by atoms with Gasteiger partial charge in [-0.25, -0.2) is 14.6 Å². The van der Waals surface area contributed by atoms with Gasteiger partial charge in [-0.2, -0.15) is 0 Å². The second-order valence-electron chi connectivity index (χ2n) is 5.30. The molecule has 7 heteroatoms. The van der Waals surface area contributed by atoms with E-state index in [1.807, 2.05) is 6.92 Å². The summed E-state index contributed by atoms with van der Waals surface area (Å²) in [7, 11) is 1.43. The first-order valence-corrected chi connectivity index (χ1v) is 7.45. The van der Waals surface area contributed by atoms with E-state index in [0.29, 0.717) is 22.7 Å². The van der Waals surface area contributed by atoms with Gasteiger partial charge in [0, 0.05) is 6.08 Å². The van der Waals surface area contributed by atoms with Crippen molar-refractivity contribution >= 4 is 18.0 Å². The molecule has 0 spiro atoms. The summed E-state index contributed by atoms with van der Waals surface area (Å²) in [5.74, 6) is -1.19. The molecule has 0 aliphatic heterocycles. The minimum absolute atomic E-state index is 0.139. The molecule has 2 aromatic rings. The number of methoxy groups -OCH3 is 1. The van der Waals surface area contributed by atoms with E-state index in [0.717, 1.165) is 11.8 Å². The van der Waals surface area contributed by atoms with Crippen LogP contribution in [0.4, 0.5) is 0 Å². The van der Waals surface area contributed by atoms with Crippen LogP contribution in [0.25, 0.3) is 6.08 Å². The van der Waals surface area contributed by atoms with Gasteiger partial charge in [0.15, 0.2) is 17.2 Å². The van der Waals surface area contributed by atoms with Gasteiger partial charge >= 0.3 is 11.9 Å². The van der Waals surface area contributed by atoms with Crippen molar-refractivity contribution < 1.29 is 24.2 Å². The van der Waals surface area contributed by atoms with Crippen molar-refractivity contribution in [2.24, 2.45) is 0 Å². The first-order valence-electron chi connectivity index (χ1n) is 7.45. The Balaban J connectivity index is 2.29. The molecule has 0 atom stereocenters. The molecule has 7 nitrogen and oxygen atoms in total. The van der Waals surface area contributed by atoms with Crippen LogP contribution in [0.15, 0.2) is 24.3 Å². The highest BCUT2D eigenvalue weighted by atomic mass is 16.6. The summed E-state index contributed by atoms with van der Waals surface area (Å²) >= 11 is 0. The van der Waals surface area contributed by atoms with Crippen molar-refractivity contribution in [1.29, 1.82) is 0 Å². The smallest absolute Gasteiger partial charge is 0.364 e. The second kappa shape index (κ2) is 7.57. The SMILES string of the molecule is COc1cc(/C=C/C(=O)O)ccc1OC(=O)c1nc(C)c(C)nc1C. The number of carbonyl (C=O) groups is 2. The van der Waals surface area contributed by atoms with Gasteiger partial charge in [0.25, 0.3) is 0 Å². The Morgan fingerprint density at radius 3 is 2.36 bits per heavy atom. The quantitative estimate of drug-likeness (QED) is 0.507. The lowest BCUT2D eigenvalue weighted by atomic mass is 10.2. The third-order valence-corrected chi connectivity index (χ3v) is 3.48. The predicted octanol–water partition coefficient (Wildman–Crippen LogP) is 2.73. The fourth-order valence-corrected chi connectivity index (χ4v) is 2.10. The van der Waals surface area contributed by atoms with Crippen LogP contribution in [0.2, 0.25) is 0 Å². The van der Waals surface area contributed by atoms with Crippen LogP contribution >= 0.6 is 0 Å². The highest BCUT2D eigenvalue weighted by molar-refractivity contribution is 5.90. The molecule has 130 valence electrons. The highest BCUT2D eigenvalue weighted by Crippen LogP contribution is 2.29. The van der Waals surface area contributed by atoms with Gasteiger partial charge in [0.05, 0.1) is 24.2 Å². The van der Waals surface area contributed by atoms with Crippen LogP contribution in [0.1, 0.15) is 33.1 Å². The zero-order valence-electron chi connectivity index (χ0n) is 14.4. The normalized spacial score (nSPS) is 10.7. The number of hydrogen-bond donors (Lipinski definition) is 1. The van der Waals surface area contributed by atoms with E-state index in [4.69, 9.17) is 14.6 Å². The minimum atomic E-state index is -1.06. The van der Waals surface area contributed by atoms with E-state index < -0.39 is 11.9 Å². The van der Waals surface area contributed by atoms with Gasteiger partial charge in [0.2, 0.25) is 0 Å². The van der Waals surface area contributed by atoms with Crippen LogP contribution < -0.4 is 9.47 Å². The lowest BCUT2D eigenvalue weighted by Gasteiger charge is -2.11. The fraction of sp³-hybridized carbons (Fsp3) is 0.222. The Morgan fingerprint density at radius 2 is 1.72 bits per heavy atom. The number of carboxylic acids is 1. The number of esters is 1. The first-order chi connectivity index (χ1) is 11.8. The average molecular weight is 342 g/mol. The maximum absolute atomic E-state index is 12.4. The summed E-state index contributed by atoms with van der Waals surface area (Å²) in [5, 5.41) is 8.67. The lowest BCUT2D eigenvalue weighted by molar-refractivity contribution is -0.131. The Labute approximate surface area is 145 Å². The van der Waals surface area contributed by atoms with Crippen molar-refractivity contribution in [1.82, 2.24) is 9.97 Å². The van der Waals surface area contributed by atoms with Crippen LogP contribution in [0.3, 0.4) is 0 Å². The fourth-order valence-electron chi connectivity index (χ4n) is 2.10. The number of ether oxygens (including phenoxy) is 2. The summed E-state index contributed by atoms with van der Waals surface area (Å²) in [6, 6.07) is 4.71. The van der Waals surface area contributed by atoms with Gasteiger partial charge in [-0.1, -0.05) is 6.07 Å². The Bertz CT molecular complexity index is 859. The summed E-state index contributed by atoms with van der Waals surface area (Å²) in [5.41, 5.74) is 2.62. The molecule has 1 heterocycles. The van der Waals surface area contributed by atoms with E-state index in [1.54, 1.807) is 26.0 Å².